The second-order valence-corrected chi connectivity index (χ2v) is 22.7. The summed E-state index contributed by atoms with van der Waals surface area (Å²) in [6, 6.07) is 61.2. The van der Waals surface area contributed by atoms with Crippen molar-refractivity contribution in [1.29, 1.82) is 0 Å². The van der Waals surface area contributed by atoms with Crippen molar-refractivity contribution >= 4 is 89.4 Å². The van der Waals surface area contributed by atoms with Crippen molar-refractivity contribution in [1.82, 2.24) is 0 Å². The van der Waals surface area contributed by atoms with Crippen LogP contribution in [-0.2, 0) is 0 Å². The lowest BCUT2D eigenvalue weighted by molar-refractivity contribution is 1.74. The van der Waals surface area contributed by atoms with Gasteiger partial charge < -0.3 is 0 Å². The quantitative estimate of drug-likeness (QED) is 0.189. The van der Waals surface area contributed by atoms with Gasteiger partial charge in [0.2, 0.25) is 0 Å². The summed E-state index contributed by atoms with van der Waals surface area (Å²) in [7, 11) is -5.43. The summed E-state index contributed by atoms with van der Waals surface area (Å²) in [5.41, 5.74) is 0. The number of benzene rings is 8. The van der Waals surface area contributed by atoms with Crippen LogP contribution in [-0.4, -0.2) is 15.2 Å². The molecule has 0 spiro atoms. The van der Waals surface area contributed by atoms with Gasteiger partial charge in [0.15, 0.2) is 15.2 Å². The molecule has 2 atom stereocenters. The lowest BCUT2D eigenvalue weighted by Gasteiger charge is -2.42. The first kappa shape index (κ1) is 22.9. The third-order valence-corrected chi connectivity index (χ3v) is 27.0. The van der Waals surface area contributed by atoms with Gasteiger partial charge in [-0.1, -0.05) is 156 Å². The Bertz CT molecular complexity index is 2240. The monoisotopic (exact) mass is 562 g/mol. The molecule has 0 aliphatic carbocycles. The molecule has 8 aromatic carbocycles. The Labute approximate surface area is 246 Å². The van der Waals surface area contributed by atoms with Gasteiger partial charge in [-0.2, -0.15) is 0 Å². The van der Waals surface area contributed by atoms with Crippen LogP contribution in [0.3, 0.4) is 0 Å². The number of rotatable bonds is 2. The van der Waals surface area contributed by atoms with Gasteiger partial charge in [-0.15, -0.1) is 0 Å². The molecule has 0 nitrogen and oxygen atoms in total. The smallest absolute Gasteiger partial charge is 0.0624 e. The van der Waals surface area contributed by atoms with E-state index in [1.165, 1.54) is 43.1 Å². The van der Waals surface area contributed by atoms with Crippen molar-refractivity contribution in [3.63, 3.8) is 0 Å². The topological polar surface area (TPSA) is 0 Å². The zero-order valence-corrected chi connectivity index (χ0v) is 25.0. The highest BCUT2D eigenvalue weighted by molar-refractivity contribution is 7.71. The van der Waals surface area contributed by atoms with Crippen LogP contribution in [0.5, 0.6) is 0 Å². The van der Waals surface area contributed by atoms with Crippen molar-refractivity contribution < 1.29 is 0 Å². The van der Waals surface area contributed by atoms with Crippen molar-refractivity contribution in [2.45, 2.75) is 0 Å². The van der Waals surface area contributed by atoms with Crippen molar-refractivity contribution in [2.24, 2.45) is 0 Å². The Hall–Kier alpha value is -4.77. The standard InChI is InChI=1S/C40H26Si2/c1-3-17-31(18-4-1)41-35-23-11-15-29-26-28-14-8-10-22-34(28)40(37(29)35)42(41,32-19-5-2-6-20-32)36-24-12-16-30-25-27-13-7-9-21-33(27)39(41)38(30)36/h1-26H/t41-,42-/m1/s1. The van der Waals surface area contributed by atoms with Crippen LogP contribution in [0.25, 0.3) is 43.1 Å². The molecule has 0 N–H and O–H groups in total. The van der Waals surface area contributed by atoms with E-state index in [-0.39, 0.29) is 0 Å². The molecule has 0 amide bonds. The van der Waals surface area contributed by atoms with E-state index in [0.717, 1.165) is 0 Å². The maximum Gasteiger partial charge on any atom is 0.156 e. The highest BCUT2D eigenvalue weighted by Crippen LogP contribution is 2.41. The molecule has 42 heavy (non-hydrogen) atoms. The molecule has 0 unspecified atom stereocenters. The van der Waals surface area contributed by atoms with Gasteiger partial charge in [-0.3, -0.25) is 0 Å². The van der Waals surface area contributed by atoms with Crippen molar-refractivity contribution in [3.05, 3.63) is 158 Å². The Morgan fingerprint density at radius 1 is 0.310 bits per heavy atom. The minimum Gasteiger partial charge on any atom is -0.0624 e. The molecular formula is C40H26Si2. The lowest BCUT2D eigenvalue weighted by atomic mass is 10.0. The largest absolute Gasteiger partial charge is 0.156 e. The van der Waals surface area contributed by atoms with E-state index < -0.39 is 15.2 Å². The van der Waals surface area contributed by atoms with Crippen LogP contribution >= 0.6 is 0 Å². The highest BCUT2D eigenvalue weighted by Gasteiger charge is 2.70. The summed E-state index contributed by atoms with van der Waals surface area (Å²) in [5, 5.41) is 21.0. The third kappa shape index (κ3) is 2.43. The molecule has 0 bridgehead atoms. The van der Waals surface area contributed by atoms with Crippen LogP contribution in [0.15, 0.2) is 158 Å². The number of fused-ring (bicyclic) bond motifs is 9. The van der Waals surface area contributed by atoms with E-state index >= 15 is 0 Å². The fraction of sp³-hybridized carbons (Fsp3) is 0. The lowest BCUT2D eigenvalue weighted by Crippen LogP contribution is -2.88. The van der Waals surface area contributed by atoms with E-state index in [9.17, 15) is 0 Å². The summed E-state index contributed by atoms with van der Waals surface area (Å²) < 4.78 is 0. The van der Waals surface area contributed by atoms with E-state index in [1.807, 2.05) is 0 Å². The van der Waals surface area contributed by atoms with Crippen molar-refractivity contribution in [3.8, 4) is 0 Å². The Morgan fingerprint density at radius 2 is 0.690 bits per heavy atom. The van der Waals surface area contributed by atoms with E-state index in [1.54, 1.807) is 31.1 Å². The normalized spacial score (nSPS) is 20.1. The second-order valence-electron chi connectivity index (χ2n) is 12.0. The van der Waals surface area contributed by atoms with E-state index in [4.69, 9.17) is 0 Å². The van der Waals surface area contributed by atoms with Gasteiger partial charge in [0.25, 0.3) is 0 Å². The Balaban J connectivity index is 1.60. The molecule has 2 aliphatic heterocycles. The Kier molecular flexibility index (Phi) is 4.33. The first-order valence-corrected chi connectivity index (χ1v) is 19.9. The summed E-state index contributed by atoms with van der Waals surface area (Å²) in [6.45, 7) is 0. The SMILES string of the molecule is c1ccc([Si@]23c4cccc5cc6ccccc6c(c45)[Si@@]2(c2ccccc2)c2cccc4cc5ccccc5c3c24)cc1. The molecule has 2 aliphatic rings. The van der Waals surface area contributed by atoms with Gasteiger partial charge in [-0.25, -0.2) is 0 Å². The minimum atomic E-state index is -2.72. The first-order chi connectivity index (χ1) is 20.8. The van der Waals surface area contributed by atoms with Gasteiger partial charge in [0, 0.05) is 0 Å². The number of hydrogen-bond acceptors (Lipinski definition) is 0. The second kappa shape index (κ2) is 7.95. The predicted octanol–water partition coefficient (Wildman–Crippen LogP) is 5.65. The summed E-state index contributed by atoms with van der Waals surface area (Å²) >= 11 is 0. The van der Waals surface area contributed by atoms with E-state index in [2.05, 4.69) is 158 Å². The van der Waals surface area contributed by atoms with Gasteiger partial charge >= 0.3 is 0 Å². The molecule has 194 valence electrons. The van der Waals surface area contributed by atoms with Gasteiger partial charge in [-0.05, 0) is 76.0 Å². The molecule has 0 aromatic heterocycles. The highest BCUT2D eigenvalue weighted by atomic mass is 29.3. The molecule has 2 heteroatoms. The predicted molar refractivity (Wildman–Crippen MR) is 185 cm³/mol. The van der Waals surface area contributed by atoms with E-state index in [0.29, 0.717) is 0 Å². The summed E-state index contributed by atoms with van der Waals surface area (Å²) in [6.07, 6.45) is 0. The van der Waals surface area contributed by atoms with Crippen LogP contribution in [0, 0.1) is 0 Å². The van der Waals surface area contributed by atoms with Crippen LogP contribution < -0.4 is 31.1 Å². The maximum atomic E-state index is 2.52. The van der Waals surface area contributed by atoms with Crippen LogP contribution in [0.2, 0.25) is 0 Å². The molecule has 0 saturated carbocycles. The fourth-order valence-corrected chi connectivity index (χ4v) is 30.5. The molecular weight excluding hydrogens is 537 g/mol. The third-order valence-electron chi connectivity index (χ3n) is 10.3. The zero-order valence-electron chi connectivity index (χ0n) is 23.0. The fourth-order valence-electron chi connectivity index (χ4n) is 9.11. The first-order valence-electron chi connectivity index (χ1n) is 14.9. The summed E-state index contributed by atoms with van der Waals surface area (Å²) in [5.74, 6) is 0. The van der Waals surface area contributed by atoms with Crippen LogP contribution in [0.1, 0.15) is 0 Å². The molecule has 8 aromatic rings. The average molecular weight is 563 g/mol. The Morgan fingerprint density at radius 3 is 1.14 bits per heavy atom. The maximum absolute atomic E-state index is 2.72. The molecule has 0 radical (unpaired) electrons. The average Bonchev–Trinajstić information content (AvgIpc) is 3.50. The molecule has 2 heterocycles. The van der Waals surface area contributed by atoms with Gasteiger partial charge in [0.1, 0.15) is 0 Å². The summed E-state index contributed by atoms with van der Waals surface area (Å²) in [4.78, 5) is 0. The molecule has 0 fully saturated rings. The molecule has 10 rings (SSSR count). The van der Waals surface area contributed by atoms with Gasteiger partial charge in [0.05, 0.1) is 0 Å². The minimum absolute atomic E-state index is 1.35. The zero-order chi connectivity index (χ0) is 27.5. The van der Waals surface area contributed by atoms with Crippen LogP contribution in [0.4, 0.5) is 0 Å². The van der Waals surface area contributed by atoms with Crippen molar-refractivity contribution in [2.75, 3.05) is 0 Å². The number of hydrogen-bond donors (Lipinski definition) is 0. The molecule has 0 saturated heterocycles.